The first-order chi connectivity index (χ1) is 13.8. The fraction of sp³-hybridized carbons (Fsp3) is 0.0526. The zero-order valence-corrected chi connectivity index (χ0v) is 14.5. The molecule has 0 aliphatic rings. The van der Waals surface area contributed by atoms with Crippen molar-refractivity contribution in [1.82, 2.24) is 35.3 Å². The molecule has 0 fully saturated rings. The lowest BCUT2D eigenvalue weighted by Crippen LogP contribution is -2.12. The highest BCUT2D eigenvalue weighted by atomic mass is 16.5. The monoisotopic (exact) mass is 371 g/mol. The van der Waals surface area contributed by atoms with Crippen LogP contribution in [0.1, 0.15) is 11.7 Å². The molecule has 28 heavy (non-hydrogen) atoms. The van der Waals surface area contributed by atoms with Crippen molar-refractivity contribution < 1.29 is 4.52 Å². The zero-order valence-electron chi connectivity index (χ0n) is 14.5. The number of H-pyrrole nitrogens is 2. The molecule has 0 saturated heterocycles. The Bertz CT molecular complexity index is 1310. The number of benzene rings is 1. The molecule has 0 amide bonds. The van der Waals surface area contributed by atoms with Crippen LogP contribution < -0.4 is 5.56 Å². The van der Waals surface area contributed by atoms with E-state index in [9.17, 15) is 4.79 Å². The summed E-state index contributed by atoms with van der Waals surface area (Å²) < 4.78 is 5.24. The number of hydrogen-bond donors (Lipinski definition) is 2. The summed E-state index contributed by atoms with van der Waals surface area (Å²) in [7, 11) is 0. The predicted molar refractivity (Wildman–Crippen MR) is 100 cm³/mol. The smallest absolute Gasteiger partial charge is 0.258 e. The summed E-state index contributed by atoms with van der Waals surface area (Å²) in [6, 6.07) is 12.9. The van der Waals surface area contributed by atoms with E-state index >= 15 is 0 Å². The maximum absolute atomic E-state index is 12.6. The second-order valence-corrected chi connectivity index (χ2v) is 6.12. The number of fused-ring (bicyclic) bond motifs is 1. The average Bonchev–Trinajstić information content (AvgIpc) is 3.40. The third-order valence-electron chi connectivity index (χ3n) is 4.24. The number of hydrogen-bond acceptors (Lipinski definition) is 7. The predicted octanol–water partition coefficient (Wildman–Crippen LogP) is 2.35. The molecule has 5 aromatic rings. The van der Waals surface area contributed by atoms with Crippen LogP contribution in [0.2, 0.25) is 0 Å². The van der Waals surface area contributed by atoms with Crippen LogP contribution in [0, 0.1) is 0 Å². The Labute approximate surface area is 157 Å². The summed E-state index contributed by atoms with van der Waals surface area (Å²) in [5.74, 6) is 1.19. The van der Waals surface area contributed by atoms with E-state index in [1.54, 1.807) is 24.5 Å². The van der Waals surface area contributed by atoms with E-state index < -0.39 is 0 Å². The largest absolute Gasteiger partial charge is 0.338 e. The highest BCUT2D eigenvalue weighted by molar-refractivity contribution is 5.83. The van der Waals surface area contributed by atoms with Crippen molar-refractivity contribution in [3.05, 3.63) is 76.9 Å². The first-order valence-electron chi connectivity index (χ1n) is 8.53. The molecule has 9 nitrogen and oxygen atoms in total. The quantitative estimate of drug-likeness (QED) is 0.496. The summed E-state index contributed by atoms with van der Waals surface area (Å²) in [5, 5.41) is 11.0. The van der Waals surface area contributed by atoms with Crippen LogP contribution in [0.5, 0.6) is 0 Å². The number of aromatic nitrogens is 7. The van der Waals surface area contributed by atoms with Gasteiger partial charge in [-0.05, 0) is 30.3 Å². The van der Waals surface area contributed by atoms with Crippen molar-refractivity contribution in [2.24, 2.45) is 0 Å². The summed E-state index contributed by atoms with van der Waals surface area (Å²) in [4.78, 5) is 28.5. The number of nitrogens with one attached hydrogen (secondary N) is 2. The Morgan fingerprint density at radius 3 is 2.82 bits per heavy atom. The molecule has 4 aromatic heterocycles. The minimum atomic E-state index is -0.230. The van der Waals surface area contributed by atoms with Gasteiger partial charge in [0.15, 0.2) is 0 Å². The zero-order chi connectivity index (χ0) is 18.9. The van der Waals surface area contributed by atoms with Gasteiger partial charge in [0.05, 0.1) is 23.0 Å². The van der Waals surface area contributed by atoms with E-state index in [1.165, 1.54) is 0 Å². The van der Waals surface area contributed by atoms with Gasteiger partial charge in [-0.15, -0.1) is 0 Å². The third kappa shape index (κ3) is 2.94. The van der Waals surface area contributed by atoms with Gasteiger partial charge in [-0.25, -0.2) is 4.98 Å². The molecule has 5 rings (SSSR count). The molecule has 0 spiro atoms. The van der Waals surface area contributed by atoms with E-state index in [-0.39, 0.29) is 12.0 Å². The van der Waals surface area contributed by atoms with Crippen LogP contribution in [-0.2, 0) is 6.42 Å². The first kappa shape index (κ1) is 16.1. The molecule has 1 aromatic carbocycles. The first-order valence-corrected chi connectivity index (χ1v) is 8.53. The normalized spacial score (nSPS) is 11.1. The van der Waals surface area contributed by atoms with E-state index in [0.29, 0.717) is 34.1 Å². The minimum absolute atomic E-state index is 0.217. The molecular weight excluding hydrogens is 358 g/mol. The Morgan fingerprint density at radius 1 is 1.04 bits per heavy atom. The molecule has 136 valence electrons. The van der Waals surface area contributed by atoms with Crippen molar-refractivity contribution in [1.29, 1.82) is 0 Å². The van der Waals surface area contributed by atoms with Gasteiger partial charge in [0.25, 0.3) is 5.56 Å². The molecule has 9 heteroatoms. The summed E-state index contributed by atoms with van der Waals surface area (Å²) in [6.45, 7) is 0. The van der Waals surface area contributed by atoms with E-state index in [1.807, 2.05) is 30.3 Å². The SMILES string of the molecule is O=c1[nH]c(Cc2nc(-c3ccn[nH]3)no2)nc2ccc(-c3ccccn3)cc12. The van der Waals surface area contributed by atoms with Gasteiger partial charge in [-0.1, -0.05) is 17.3 Å². The number of nitrogens with zero attached hydrogens (tertiary/aromatic N) is 5. The highest BCUT2D eigenvalue weighted by Crippen LogP contribution is 2.20. The third-order valence-corrected chi connectivity index (χ3v) is 4.24. The van der Waals surface area contributed by atoms with Crippen molar-refractivity contribution >= 4 is 10.9 Å². The standard InChI is InChI=1S/C19H13N7O2/c27-19-12-9-11(13-3-1-2-7-20-13)4-5-14(12)22-16(23-19)10-17-24-18(26-28-17)15-6-8-21-25-15/h1-9H,10H2,(H,21,25)(H,22,23,27). The molecule has 0 saturated carbocycles. The molecule has 0 aliphatic heterocycles. The van der Waals surface area contributed by atoms with Crippen LogP contribution in [0.15, 0.2) is 64.2 Å². The Hall–Kier alpha value is -4.14. The van der Waals surface area contributed by atoms with Gasteiger partial charge in [-0.2, -0.15) is 10.1 Å². The second-order valence-electron chi connectivity index (χ2n) is 6.12. The topological polar surface area (TPSA) is 126 Å². The van der Waals surface area contributed by atoms with E-state index in [2.05, 4.69) is 35.3 Å². The van der Waals surface area contributed by atoms with E-state index in [0.717, 1.165) is 11.3 Å². The molecule has 0 aliphatic carbocycles. The summed E-state index contributed by atoms with van der Waals surface area (Å²) >= 11 is 0. The molecule has 0 unspecified atom stereocenters. The van der Waals surface area contributed by atoms with Crippen molar-refractivity contribution in [3.63, 3.8) is 0 Å². The lowest BCUT2D eigenvalue weighted by Gasteiger charge is -2.04. The number of pyridine rings is 1. The van der Waals surface area contributed by atoms with Gasteiger partial charge in [0, 0.05) is 18.0 Å². The van der Waals surface area contributed by atoms with Gasteiger partial charge < -0.3 is 9.51 Å². The lowest BCUT2D eigenvalue weighted by atomic mass is 10.1. The van der Waals surface area contributed by atoms with Gasteiger partial charge in [-0.3, -0.25) is 14.9 Å². The van der Waals surface area contributed by atoms with Crippen LogP contribution in [0.25, 0.3) is 33.7 Å². The maximum atomic E-state index is 12.6. The van der Waals surface area contributed by atoms with Crippen molar-refractivity contribution in [2.45, 2.75) is 6.42 Å². The molecule has 0 bridgehead atoms. The van der Waals surface area contributed by atoms with Crippen LogP contribution in [0.3, 0.4) is 0 Å². The van der Waals surface area contributed by atoms with Crippen LogP contribution in [0.4, 0.5) is 0 Å². The average molecular weight is 371 g/mol. The number of rotatable bonds is 4. The second kappa shape index (κ2) is 6.54. The van der Waals surface area contributed by atoms with Crippen molar-refractivity contribution in [2.75, 3.05) is 0 Å². The van der Waals surface area contributed by atoms with Gasteiger partial charge in [0.2, 0.25) is 11.7 Å². The Morgan fingerprint density at radius 2 is 2.00 bits per heavy atom. The van der Waals surface area contributed by atoms with Crippen LogP contribution >= 0.6 is 0 Å². The summed E-state index contributed by atoms with van der Waals surface area (Å²) in [5.41, 5.74) is 2.66. The van der Waals surface area contributed by atoms with E-state index in [4.69, 9.17) is 4.52 Å². The fourth-order valence-electron chi connectivity index (χ4n) is 2.92. The highest BCUT2D eigenvalue weighted by Gasteiger charge is 2.13. The molecular formula is C19H13N7O2. The van der Waals surface area contributed by atoms with Crippen LogP contribution in [-0.4, -0.2) is 35.3 Å². The molecule has 0 atom stereocenters. The Kier molecular flexibility index (Phi) is 3.75. The molecule has 2 N–H and O–H groups in total. The maximum Gasteiger partial charge on any atom is 0.258 e. The van der Waals surface area contributed by atoms with Gasteiger partial charge >= 0.3 is 0 Å². The minimum Gasteiger partial charge on any atom is -0.338 e. The lowest BCUT2D eigenvalue weighted by molar-refractivity contribution is 0.384. The Balaban J connectivity index is 1.47. The van der Waals surface area contributed by atoms with Gasteiger partial charge in [0.1, 0.15) is 11.5 Å². The molecule has 4 heterocycles. The number of aromatic amines is 2. The molecule has 0 radical (unpaired) electrons. The summed E-state index contributed by atoms with van der Waals surface area (Å²) in [6.07, 6.45) is 3.54. The van der Waals surface area contributed by atoms with Crippen molar-refractivity contribution in [3.8, 4) is 22.8 Å². The fourth-order valence-corrected chi connectivity index (χ4v) is 2.92.